The lowest BCUT2D eigenvalue weighted by Crippen LogP contribution is -2.14. The van der Waals surface area contributed by atoms with Gasteiger partial charge in [-0.1, -0.05) is 6.07 Å². The van der Waals surface area contributed by atoms with Crippen LogP contribution in [-0.2, 0) is 7.05 Å². The van der Waals surface area contributed by atoms with E-state index >= 15 is 0 Å². The van der Waals surface area contributed by atoms with Crippen molar-refractivity contribution >= 4 is 33.5 Å². The lowest BCUT2D eigenvalue weighted by Gasteiger charge is -2.09. The smallest absolute Gasteiger partial charge is 0.337 e. The summed E-state index contributed by atoms with van der Waals surface area (Å²) < 4.78 is 2.00. The highest BCUT2D eigenvalue weighted by atomic mass is 79.9. The third-order valence-corrected chi connectivity index (χ3v) is 3.11. The van der Waals surface area contributed by atoms with Crippen molar-refractivity contribution in [1.82, 2.24) is 9.78 Å². The van der Waals surface area contributed by atoms with Crippen LogP contribution < -0.4 is 5.32 Å². The second-order valence-electron chi connectivity index (χ2n) is 3.82. The molecule has 0 aliphatic carbocycles. The van der Waals surface area contributed by atoms with Gasteiger partial charge in [-0.2, -0.15) is 5.10 Å². The van der Waals surface area contributed by atoms with E-state index in [1.54, 1.807) is 25.4 Å². The molecule has 1 aromatic heterocycles. The van der Waals surface area contributed by atoms with E-state index in [1.165, 1.54) is 16.9 Å². The van der Waals surface area contributed by atoms with E-state index in [4.69, 9.17) is 5.11 Å². The minimum absolute atomic E-state index is 0.0200. The van der Waals surface area contributed by atoms with Gasteiger partial charge < -0.3 is 10.4 Å². The minimum Gasteiger partial charge on any atom is -0.478 e. The van der Waals surface area contributed by atoms with Gasteiger partial charge in [0.2, 0.25) is 0 Å². The highest BCUT2D eigenvalue weighted by Gasteiger charge is 2.16. The molecule has 19 heavy (non-hydrogen) atoms. The topological polar surface area (TPSA) is 84.2 Å². The van der Waals surface area contributed by atoms with Crippen molar-refractivity contribution in [3.63, 3.8) is 0 Å². The summed E-state index contributed by atoms with van der Waals surface area (Å²) in [5, 5.41) is 15.5. The van der Waals surface area contributed by atoms with E-state index in [0.717, 1.165) is 0 Å². The van der Waals surface area contributed by atoms with Crippen LogP contribution in [-0.4, -0.2) is 26.8 Å². The Balaban J connectivity index is 2.33. The SMILES string of the molecule is Cn1cc(C(=O)Nc2c(Br)cccc2C(=O)O)cn1. The van der Waals surface area contributed by atoms with Crippen molar-refractivity contribution in [2.75, 3.05) is 5.32 Å². The predicted molar refractivity (Wildman–Crippen MR) is 72.3 cm³/mol. The standard InChI is InChI=1S/C12H10BrN3O3/c1-16-6-7(5-14-16)11(17)15-10-8(12(18)19)3-2-4-9(10)13/h2-6H,1H3,(H,15,17)(H,18,19). The number of halogens is 1. The third kappa shape index (κ3) is 2.82. The third-order valence-electron chi connectivity index (χ3n) is 2.45. The summed E-state index contributed by atoms with van der Waals surface area (Å²) in [6, 6.07) is 4.67. The molecule has 0 aliphatic heterocycles. The Morgan fingerprint density at radius 2 is 2.16 bits per heavy atom. The van der Waals surface area contributed by atoms with Crippen LogP contribution in [0.3, 0.4) is 0 Å². The van der Waals surface area contributed by atoms with Crippen LogP contribution >= 0.6 is 15.9 Å². The second kappa shape index (κ2) is 5.23. The maximum absolute atomic E-state index is 12.0. The van der Waals surface area contributed by atoms with Crippen molar-refractivity contribution in [3.8, 4) is 0 Å². The van der Waals surface area contributed by atoms with Gasteiger partial charge in [-0.3, -0.25) is 9.48 Å². The van der Waals surface area contributed by atoms with Gasteiger partial charge >= 0.3 is 5.97 Å². The number of hydrogen-bond donors (Lipinski definition) is 2. The molecule has 6 nitrogen and oxygen atoms in total. The Hall–Kier alpha value is -2.15. The van der Waals surface area contributed by atoms with Crippen molar-refractivity contribution in [2.24, 2.45) is 7.05 Å². The first-order valence-electron chi connectivity index (χ1n) is 5.31. The number of carbonyl (C=O) groups is 2. The Bertz CT molecular complexity index is 651. The molecule has 0 fully saturated rings. The van der Waals surface area contributed by atoms with E-state index in [0.29, 0.717) is 10.0 Å². The summed E-state index contributed by atoms with van der Waals surface area (Å²) in [7, 11) is 1.69. The maximum atomic E-state index is 12.0. The van der Waals surface area contributed by atoms with Gasteiger partial charge in [-0.15, -0.1) is 0 Å². The highest BCUT2D eigenvalue weighted by Crippen LogP contribution is 2.27. The number of benzene rings is 1. The number of aromatic nitrogens is 2. The Morgan fingerprint density at radius 1 is 1.42 bits per heavy atom. The Labute approximate surface area is 117 Å². The summed E-state index contributed by atoms with van der Waals surface area (Å²) in [5.74, 6) is -1.52. The first kappa shape index (κ1) is 13.3. The predicted octanol–water partition coefficient (Wildman–Crippen LogP) is 2.13. The summed E-state index contributed by atoms with van der Waals surface area (Å²) in [5.41, 5.74) is 0.602. The minimum atomic E-state index is -1.11. The number of nitrogens with zero attached hydrogens (tertiary/aromatic N) is 2. The number of nitrogens with one attached hydrogen (secondary N) is 1. The van der Waals surface area contributed by atoms with E-state index in [1.807, 2.05) is 0 Å². The van der Waals surface area contributed by atoms with Gasteiger partial charge in [0.1, 0.15) is 0 Å². The first-order chi connectivity index (χ1) is 8.99. The van der Waals surface area contributed by atoms with Crippen LogP contribution in [0.25, 0.3) is 0 Å². The van der Waals surface area contributed by atoms with Gasteiger partial charge in [0.25, 0.3) is 5.91 Å². The first-order valence-corrected chi connectivity index (χ1v) is 6.10. The fourth-order valence-corrected chi connectivity index (χ4v) is 2.02. The number of amides is 1. The zero-order valence-corrected chi connectivity index (χ0v) is 11.5. The lowest BCUT2D eigenvalue weighted by atomic mass is 10.1. The molecule has 2 N–H and O–H groups in total. The van der Waals surface area contributed by atoms with Crippen LogP contribution in [0.15, 0.2) is 35.1 Å². The van der Waals surface area contributed by atoms with Gasteiger partial charge in [-0.05, 0) is 28.1 Å². The Kier molecular flexibility index (Phi) is 3.66. The Morgan fingerprint density at radius 3 is 2.74 bits per heavy atom. The molecule has 2 rings (SSSR count). The number of anilines is 1. The molecule has 98 valence electrons. The second-order valence-corrected chi connectivity index (χ2v) is 4.68. The molecule has 0 bridgehead atoms. The van der Waals surface area contributed by atoms with Crippen LogP contribution in [0.1, 0.15) is 20.7 Å². The van der Waals surface area contributed by atoms with Crippen LogP contribution in [0, 0.1) is 0 Å². The van der Waals surface area contributed by atoms with E-state index in [9.17, 15) is 9.59 Å². The normalized spacial score (nSPS) is 10.2. The molecular weight excluding hydrogens is 314 g/mol. The van der Waals surface area contributed by atoms with Crippen LogP contribution in [0.2, 0.25) is 0 Å². The molecule has 0 aliphatic rings. The number of carbonyl (C=O) groups excluding carboxylic acids is 1. The number of para-hydroxylation sites is 1. The van der Waals surface area contributed by atoms with E-state index in [2.05, 4.69) is 26.3 Å². The molecule has 1 amide bonds. The van der Waals surface area contributed by atoms with Crippen molar-refractivity contribution in [2.45, 2.75) is 0 Å². The van der Waals surface area contributed by atoms with Gasteiger partial charge in [0.05, 0.1) is 23.0 Å². The molecule has 0 saturated carbocycles. The lowest BCUT2D eigenvalue weighted by molar-refractivity contribution is 0.0698. The number of aryl methyl sites for hydroxylation is 1. The fourth-order valence-electron chi connectivity index (χ4n) is 1.55. The van der Waals surface area contributed by atoms with Crippen molar-refractivity contribution in [3.05, 3.63) is 46.2 Å². The molecule has 0 radical (unpaired) electrons. The molecule has 2 aromatic rings. The molecule has 0 atom stereocenters. The maximum Gasteiger partial charge on any atom is 0.337 e. The molecule has 1 heterocycles. The molecule has 0 spiro atoms. The van der Waals surface area contributed by atoms with E-state index < -0.39 is 11.9 Å². The zero-order valence-electron chi connectivity index (χ0n) is 9.92. The molecular formula is C12H10BrN3O3. The summed E-state index contributed by atoms with van der Waals surface area (Å²) in [4.78, 5) is 23.1. The van der Waals surface area contributed by atoms with Crippen LogP contribution in [0.4, 0.5) is 5.69 Å². The fraction of sp³-hybridized carbons (Fsp3) is 0.0833. The van der Waals surface area contributed by atoms with Gasteiger partial charge in [-0.25, -0.2) is 4.79 Å². The number of rotatable bonds is 3. The monoisotopic (exact) mass is 323 g/mol. The highest BCUT2D eigenvalue weighted by molar-refractivity contribution is 9.10. The number of hydrogen-bond acceptors (Lipinski definition) is 3. The van der Waals surface area contributed by atoms with Crippen molar-refractivity contribution in [1.29, 1.82) is 0 Å². The van der Waals surface area contributed by atoms with Crippen LogP contribution in [0.5, 0.6) is 0 Å². The number of carboxylic acids is 1. The average Bonchev–Trinajstić information content (AvgIpc) is 2.78. The molecule has 1 aromatic carbocycles. The summed E-state index contributed by atoms with van der Waals surface area (Å²) in [6.07, 6.45) is 2.96. The van der Waals surface area contributed by atoms with Crippen molar-refractivity contribution < 1.29 is 14.7 Å². The summed E-state index contributed by atoms with van der Waals surface area (Å²) >= 11 is 3.22. The molecule has 0 unspecified atom stereocenters. The number of aromatic carboxylic acids is 1. The zero-order chi connectivity index (χ0) is 14.0. The summed E-state index contributed by atoms with van der Waals surface area (Å²) in [6.45, 7) is 0. The molecule has 0 saturated heterocycles. The largest absolute Gasteiger partial charge is 0.478 e. The quantitative estimate of drug-likeness (QED) is 0.906. The number of carboxylic acid groups (broad SMARTS) is 1. The van der Waals surface area contributed by atoms with E-state index in [-0.39, 0.29) is 11.3 Å². The van der Waals surface area contributed by atoms with Gasteiger partial charge in [0, 0.05) is 17.7 Å². The average molecular weight is 324 g/mol. The molecule has 7 heteroatoms. The van der Waals surface area contributed by atoms with Gasteiger partial charge in [0.15, 0.2) is 0 Å².